The smallest absolute Gasteiger partial charge is 0.141 e. The molecule has 0 aromatic carbocycles. The van der Waals surface area contributed by atoms with Gasteiger partial charge in [0, 0.05) is 19.3 Å². The SMILES string of the molecule is CCN1CCOC(C(NN)c2cncc(F)c2)C1. The predicted molar refractivity (Wildman–Crippen MR) is 66.1 cm³/mol. The van der Waals surface area contributed by atoms with Crippen LogP contribution in [0.2, 0.25) is 0 Å². The van der Waals surface area contributed by atoms with E-state index in [0.717, 1.165) is 19.6 Å². The Hall–Kier alpha value is -1.08. The number of hydrogen-bond donors (Lipinski definition) is 2. The van der Waals surface area contributed by atoms with Gasteiger partial charge in [-0.1, -0.05) is 6.92 Å². The molecule has 3 N–H and O–H groups in total. The molecule has 0 amide bonds. The summed E-state index contributed by atoms with van der Waals surface area (Å²) in [5, 5.41) is 0. The quantitative estimate of drug-likeness (QED) is 0.603. The highest BCUT2D eigenvalue weighted by Gasteiger charge is 2.28. The van der Waals surface area contributed by atoms with Gasteiger partial charge >= 0.3 is 0 Å². The molecule has 6 heteroatoms. The standard InChI is InChI=1S/C12H19FN4O/c1-2-17-3-4-18-11(8-17)12(16-14)9-5-10(13)7-15-6-9/h5-7,11-12,16H,2-4,8,14H2,1H3. The fraction of sp³-hybridized carbons (Fsp3) is 0.583. The maximum atomic E-state index is 13.2. The van der Waals surface area contributed by atoms with Crippen LogP contribution in [-0.4, -0.2) is 42.2 Å². The summed E-state index contributed by atoms with van der Waals surface area (Å²) in [5.74, 6) is 5.21. The molecule has 1 aliphatic heterocycles. The maximum absolute atomic E-state index is 13.2. The molecule has 1 aromatic rings. The van der Waals surface area contributed by atoms with Crippen LogP contribution < -0.4 is 11.3 Å². The van der Waals surface area contributed by atoms with Crippen LogP contribution in [-0.2, 0) is 4.74 Å². The molecule has 2 rings (SSSR count). The van der Waals surface area contributed by atoms with Gasteiger partial charge < -0.3 is 4.74 Å². The molecule has 2 atom stereocenters. The largest absolute Gasteiger partial charge is 0.374 e. The summed E-state index contributed by atoms with van der Waals surface area (Å²) in [6.45, 7) is 5.45. The third-order valence-corrected chi connectivity index (χ3v) is 3.26. The molecule has 0 saturated carbocycles. The van der Waals surface area contributed by atoms with E-state index in [1.807, 2.05) is 0 Å². The molecule has 1 fully saturated rings. The van der Waals surface area contributed by atoms with Crippen molar-refractivity contribution in [3.8, 4) is 0 Å². The van der Waals surface area contributed by atoms with Gasteiger partial charge in [-0.05, 0) is 18.2 Å². The first-order valence-corrected chi connectivity index (χ1v) is 6.15. The third-order valence-electron chi connectivity index (χ3n) is 3.26. The highest BCUT2D eigenvalue weighted by Crippen LogP contribution is 2.21. The summed E-state index contributed by atoms with van der Waals surface area (Å²) in [7, 11) is 0. The number of likely N-dealkylation sites (N-methyl/N-ethyl adjacent to an activating group) is 1. The van der Waals surface area contributed by atoms with E-state index in [0.29, 0.717) is 12.2 Å². The third kappa shape index (κ3) is 3.02. The highest BCUT2D eigenvalue weighted by molar-refractivity contribution is 5.17. The molecule has 5 nitrogen and oxygen atoms in total. The van der Waals surface area contributed by atoms with Gasteiger partial charge in [-0.15, -0.1) is 0 Å². The van der Waals surface area contributed by atoms with E-state index < -0.39 is 0 Å². The Labute approximate surface area is 106 Å². The minimum absolute atomic E-state index is 0.0905. The molecule has 18 heavy (non-hydrogen) atoms. The lowest BCUT2D eigenvalue weighted by Crippen LogP contribution is -2.49. The van der Waals surface area contributed by atoms with Crippen LogP contribution >= 0.6 is 0 Å². The Morgan fingerprint density at radius 1 is 1.67 bits per heavy atom. The van der Waals surface area contributed by atoms with Gasteiger partial charge in [-0.3, -0.25) is 21.2 Å². The lowest BCUT2D eigenvalue weighted by molar-refractivity contribution is -0.0457. The van der Waals surface area contributed by atoms with Crippen molar-refractivity contribution in [2.45, 2.75) is 19.1 Å². The van der Waals surface area contributed by atoms with Crippen LogP contribution in [0.4, 0.5) is 4.39 Å². The van der Waals surface area contributed by atoms with Crippen LogP contribution in [0.15, 0.2) is 18.5 Å². The van der Waals surface area contributed by atoms with Crippen molar-refractivity contribution in [1.82, 2.24) is 15.3 Å². The van der Waals surface area contributed by atoms with E-state index in [1.54, 1.807) is 6.20 Å². The van der Waals surface area contributed by atoms with E-state index in [1.165, 1.54) is 12.3 Å². The lowest BCUT2D eigenvalue weighted by Gasteiger charge is -2.36. The second-order valence-electron chi connectivity index (χ2n) is 4.38. The number of nitrogens with one attached hydrogen (secondary N) is 1. The summed E-state index contributed by atoms with van der Waals surface area (Å²) < 4.78 is 18.9. The fourth-order valence-corrected chi connectivity index (χ4v) is 2.24. The molecule has 2 heterocycles. The number of pyridine rings is 1. The number of ether oxygens (including phenoxy) is 1. The first-order chi connectivity index (χ1) is 8.74. The Morgan fingerprint density at radius 2 is 2.50 bits per heavy atom. The van der Waals surface area contributed by atoms with Gasteiger partial charge in [0.25, 0.3) is 0 Å². The predicted octanol–water partition coefficient (Wildman–Crippen LogP) is 0.446. The maximum Gasteiger partial charge on any atom is 0.141 e. The van der Waals surface area contributed by atoms with Gasteiger partial charge in [0.1, 0.15) is 5.82 Å². The second-order valence-corrected chi connectivity index (χ2v) is 4.38. The zero-order valence-corrected chi connectivity index (χ0v) is 10.5. The Kier molecular flexibility index (Phi) is 4.60. The summed E-state index contributed by atoms with van der Waals surface area (Å²) in [5.41, 5.74) is 3.41. The van der Waals surface area contributed by atoms with Crippen molar-refractivity contribution in [2.75, 3.05) is 26.2 Å². The van der Waals surface area contributed by atoms with E-state index in [-0.39, 0.29) is 18.0 Å². The number of hydrogen-bond acceptors (Lipinski definition) is 5. The van der Waals surface area contributed by atoms with Crippen LogP contribution in [0.3, 0.4) is 0 Å². The van der Waals surface area contributed by atoms with Crippen LogP contribution in [0, 0.1) is 5.82 Å². The molecule has 0 aliphatic carbocycles. The van der Waals surface area contributed by atoms with Crippen molar-refractivity contribution in [3.63, 3.8) is 0 Å². The van der Waals surface area contributed by atoms with Crippen molar-refractivity contribution in [1.29, 1.82) is 0 Å². The van der Waals surface area contributed by atoms with E-state index in [4.69, 9.17) is 10.6 Å². The van der Waals surface area contributed by atoms with Gasteiger partial charge in [0.05, 0.1) is 24.9 Å². The lowest BCUT2D eigenvalue weighted by atomic mass is 10.0. The molecular weight excluding hydrogens is 235 g/mol. The first-order valence-electron chi connectivity index (χ1n) is 6.15. The van der Waals surface area contributed by atoms with Gasteiger partial charge in [-0.2, -0.15) is 0 Å². The van der Waals surface area contributed by atoms with Crippen molar-refractivity contribution in [3.05, 3.63) is 29.8 Å². The monoisotopic (exact) mass is 254 g/mol. The number of nitrogens with two attached hydrogens (primary N) is 1. The molecule has 0 radical (unpaired) electrons. The van der Waals surface area contributed by atoms with Crippen molar-refractivity contribution < 1.29 is 9.13 Å². The molecule has 0 bridgehead atoms. The zero-order valence-electron chi connectivity index (χ0n) is 10.5. The van der Waals surface area contributed by atoms with E-state index in [9.17, 15) is 4.39 Å². The number of halogens is 1. The first kappa shape index (κ1) is 13.4. The number of aromatic nitrogens is 1. The normalized spacial score (nSPS) is 22.9. The molecule has 100 valence electrons. The zero-order chi connectivity index (χ0) is 13.0. The molecule has 0 spiro atoms. The van der Waals surface area contributed by atoms with Gasteiger partial charge in [0.15, 0.2) is 0 Å². The van der Waals surface area contributed by atoms with Crippen molar-refractivity contribution in [2.24, 2.45) is 5.84 Å². The molecule has 2 unspecified atom stereocenters. The minimum atomic E-state index is -0.365. The average Bonchev–Trinajstić information content (AvgIpc) is 2.40. The van der Waals surface area contributed by atoms with Crippen LogP contribution in [0.5, 0.6) is 0 Å². The summed E-state index contributed by atoms with van der Waals surface area (Å²) in [6.07, 6.45) is 2.70. The summed E-state index contributed by atoms with van der Waals surface area (Å²) in [4.78, 5) is 6.13. The van der Waals surface area contributed by atoms with Gasteiger partial charge in [-0.25, -0.2) is 4.39 Å². The summed E-state index contributed by atoms with van der Waals surface area (Å²) in [6, 6.07) is 1.19. The number of nitrogens with zero attached hydrogens (tertiary/aromatic N) is 2. The summed E-state index contributed by atoms with van der Waals surface area (Å²) >= 11 is 0. The Balaban J connectivity index is 2.12. The molecule has 1 saturated heterocycles. The topological polar surface area (TPSA) is 63.4 Å². The average molecular weight is 254 g/mol. The molecule has 1 aliphatic rings. The van der Waals surface area contributed by atoms with E-state index in [2.05, 4.69) is 22.2 Å². The van der Waals surface area contributed by atoms with E-state index >= 15 is 0 Å². The second kappa shape index (κ2) is 6.19. The molecule has 1 aromatic heterocycles. The number of morpholine rings is 1. The number of hydrazine groups is 1. The highest BCUT2D eigenvalue weighted by atomic mass is 19.1. The van der Waals surface area contributed by atoms with Crippen LogP contribution in [0.1, 0.15) is 18.5 Å². The van der Waals surface area contributed by atoms with Crippen LogP contribution in [0.25, 0.3) is 0 Å². The Bertz CT molecular complexity index is 390. The molecular formula is C12H19FN4O. The fourth-order valence-electron chi connectivity index (χ4n) is 2.24. The Morgan fingerprint density at radius 3 is 3.17 bits per heavy atom. The van der Waals surface area contributed by atoms with Crippen molar-refractivity contribution >= 4 is 0 Å². The minimum Gasteiger partial charge on any atom is -0.374 e. The van der Waals surface area contributed by atoms with Gasteiger partial charge in [0.2, 0.25) is 0 Å². The number of rotatable bonds is 4.